The fourth-order valence-electron chi connectivity index (χ4n) is 2.74. The topological polar surface area (TPSA) is 44.9 Å². The van der Waals surface area contributed by atoms with Crippen molar-refractivity contribution in [1.82, 2.24) is 4.98 Å². The predicted octanol–water partition coefficient (Wildman–Crippen LogP) is 4.12. The maximum absolute atomic E-state index is 11.8. The summed E-state index contributed by atoms with van der Waals surface area (Å²) in [6, 6.07) is 6.11. The number of hydrogen-bond acceptors (Lipinski definition) is 1. The molecule has 0 aliphatic heterocycles. The van der Waals surface area contributed by atoms with Gasteiger partial charge in [0, 0.05) is 33.6 Å². The Morgan fingerprint density at radius 2 is 2.00 bits per heavy atom. The van der Waals surface area contributed by atoms with Crippen LogP contribution < -0.4 is 5.32 Å². The number of rotatable bonds is 2. The van der Waals surface area contributed by atoms with Gasteiger partial charge in [0.1, 0.15) is 0 Å². The van der Waals surface area contributed by atoms with E-state index >= 15 is 0 Å². The Morgan fingerprint density at radius 3 is 2.60 bits per heavy atom. The molecule has 0 atom stereocenters. The van der Waals surface area contributed by atoms with Crippen LogP contribution in [-0.2, 0) is 10.2 Å². The number of nitrogens with one attached hydrogen (secondary N) is 2. The summed E-state index contributed by atoms with van der Waals surface area (Å²) in [5.41, 5.74) is 4.67. The minimum atomic E-state index is 0.0977. The van der Waals surface area contributed by atoms with Crippen molar-refractivity contribution < 1.29 is 4.79 Å². The summed E-state index contributed by atoms with van der Waals surface area (Å²) in [5, 5.41) is 4.22. The van der Waals surface area contributed by atoms with Crippen LogP contribution in [0.5, 0.6) is 0 Å². The highest BCUT2D eigenvalue weighted by molar-refractivity contribution is 5.97. The van der Waals surface area contributed by atoms with Gasteiger partial charge >= 0.3 is 0 Å². The first-order chi connectivity index (χ1) is 9.36. The molecule has 106 valence electrons. The van der Waals surface area contributed by atoms with E-state index in [0.717, 1.165) is 24.0 Å². The van der Waals surface area contributed by atoms with E-state index in [1.807, 2.05) is 6.07 Å². The number of aryl methyl sites for hydroxylation is 1. The highest BCUT2D eigenvalue weighted by Gasteiger charge is 2.29. The van der Waals surface area contributed by atoms with Crippen LogP contribution in [0.15, 0.2) is 18.2 Å². The lowest BCUT2D eigenvalue weighted by Gasteiger charge is -2.17. The number of H-pyrrole nitrogens is 1. The first-order valence-corrected chi connectivity index (χ1v) is 7.30. The minimum Gasteiger partial charge on any atom is -0.358 e. The largest absolute Gasteiger partial charge is 0.358 e. The van der Waals surface area contributed by atoms with Crippen LogP contribution in [0.3, 0.4) is 0 Å². The summed E-state index contributed by atoms with van der Waals surface area (Å²) in [6.45, 7) is 8.77. The monoisotopic (exact) mass is 270 g/mol. The summed E-state index contributed by atoms with van der Waals surface area (Å²) in [6.07, 6.45) is 2.07. The maximum Gasteiger partial charge on any atom is 0.227 e. The molecule has 0 bridgehead atoms. The molecule has 1 heterocycles. The fourth-order valence-corrected chi connectivity index (χ4v) is 2.74. The van der Waals surface area contributed by atoms with Crippen LogP contribution >= 0.6 is 0 Å². The van der Waals surface area contributed by atoms with Gasteiger partial charge in [-0.05, 0) is 43.5 Å². The van der Waals surface area contributed by atoms with Gasteiger partial charge in [-0.1, -0.05) is 20.8 Å². The molecule has 1 fully saturated rings. The van der Waals surface area contributed by atoms with E-state index in [4.69, 9.17) is 0 Å². The molecule has 3 nitrogen and oxygen atoms in total. The van der Waals surface area contributed by atoms with Crippen molar-refractivity contribution in [2.24, 2.45) is 5.92 Å². The lowest BCUT2D eigenvalue weighted by molar-refractivity contribution is -0.117. The normalized spacial score (nSPS) is 15.6. The van der Waals surface area contributed by atoms with Gasteiger partial charge in [0.05, 0.1) is 0 Å². The molecule has 2 aromatic rings. The minimum absolute atomic E-state index is 0.0977. The third kappa shape index (κ3) is 2.33. The molecule has 1 aliphatic carbocycles. The SMILES string of the molecule is Cc1c(C(C)(C)C)[nH]c2ccc(NC(=O)C3CC3)cc12. The van der Waals surface area contributed by atoms with Crippen molar-refractivity contribution in [3.05, 3.63) is 29.5 Å². The Hall–Kier alpha value is -1.77. The first-order valence-electron chi connectivity index (χ1n) is 7.30. The Morgan fingerprint density at radius 1 is 1.30 bits per heavy atom. The van der Waals surface area contributed by atoms with Crippen molar-refractivity contribution >= 4 is 22.5 Å². The standard InChI is InChI=1S/C17H22N2O/c1-10-13-9-12(18-16(20)11-5-6-11)7-8-14(13)19-15(10)17(2,3)4/h7-9,11,19H,5-6H2,1-4H3,(H,18,20). The number of aromatic nitrogens is 1. The van der Waals surface area contributed by atoms with Crippen molar-refractivity contribution in [3.63, 3.8) is 0 Å². The zero-order chi connectivity index (χ0) is 14.5. The van der Waals surface area contributed by atoms with Crippen LogP contribution in [0.4, 0.5) is 5.69 Å². The number of carbonyl (C=O) groups excluding carboxylic acids is 1. The second-order valence-corrected chi connectivity index (χ2v) is 6.90. The smallest absolute Gasteiger partial charge is 0.227 e. The molecule has 2 N–H and O–H groups in total. The van der Waals surface area contributed by atoms with Crippen molar-refractivity contribution in [3.8, 4) is 0 Å². The highest BCUT2D eigenvalue weighted by Crippen LogP contribution is 2.33. The molecule has 1 saturated carbocycles. The number of benzene rings is 1. The van der Waals surface area contributed by atoms with Gasteiger partial charge in [0.25, 0.3) is 0 Å². The zero-order valence-electron chi connectivity index (χ0n) is 12.6. The number of amides is 1. The molecule has 1 aliphatic rings. The highest BCUT2D eigenvalue weighted by atomic mass is 16.2. The zero-order valence-corrected chi connectivity index (χ0v) is 12.6. The van der Waals surface area contributed by atoms with Crippen LogP contribution in [0.1, 0.15) is 44.9 Å². The van der Waals surface area contributed by atoms with Gasteiger partial charge in [-0.3, -0.25) is 4.79 Å². The van der Waals surface area contributed by atoms with E-state index < -0.39 is 0 Å². The molecule has 3 rings (SSSR count). The summed E-state index contributed by atoms with van der Waals surface area (Å²) in [4.78, 5) is 15.3. The van der Waals surface area contributed by atoms with Gasteiger partial charge in [0.15, 0.2) is 0 Å². The predicted molar refractivity (Wildman–Crippen MR) is 83.1 cm³/mol. The average molecular weight is 270 g/mol. The van der Waals surface area contributed by atoms with Gasteiger partial charge in [0.2, 0.25) is 5.91 Å². The van der Waals surface area contributed by atoms with E-state index in [1.54, 1.807) is 0 Å². The van der Waals surface area contributed by atoms with Crippen LogP contribution in [0, 0.1) is 12.8 Å². The Balaban J connectivity index is 1.97. The lowest BCUT2D eigenvalue weighted by Crippen LogP contribution is -2.13. The quantitative estimate of drug-likeness (QED) is 0.847. The van der Waals surface area contributed by atoms with E-state index in [0.29, 0.717) is 0 Å². The Labute approximate surface area is 119 Å². The van der Waals surface area contributed by atoms with E-state index in [-0.39, 0.29) is 17.2 Å². The van der Waals surface area contributed by atoms with Crippen LogP contribution in [0.25, 0.3) is 10.9 Å². The molecule has 1 aromatic heterocycles. The molecular formula is C17H22N2O. The summed E-state index contributed by atoms with van der Waals surface area (Å²) in [5.74, 6) is 0.400. The molecule has 20 heavy (non-hydrogen) atoms. The molecule has 3 heteroatoms. The maximum atomic E-state index is 11.8. The average Bonchev–Trinajstić information content (AvgIpc) is 3.14. The number of hydrogen-bond donors (Lipinski definition) is 2. The second kappa shape index (κ2) is 4.37. The molecule has 1 amide bonds. The molecular weight excluding hydrogens is 248 g/mol. The fraction of sp³-hybridized carbons (Fsp3) is 0.471. The Bertz CT molecular complexity index is 672. The Kier molecular flexibility index (Phi) is 2.89. The van der Waals surface area contributed by atoms with Crippen molar-refractivity contribution in [2.75, 3.05) is 5.32 Å². The van der Waals surface area contributed by atoms with Crippen molar-refractivity contribution in [2.45, 2.75) is 46.0 Å². The number of anilines is 1. The number of fused-ring (bicyclic) bond motifs is 1. The van der Waals surface area contributed by atoms with Gasteiger partial charge in [-0.15, -0.1) is 0 Å². The van der Waals surface area contributed by atoms with Crippen LogP contribution in [-0.4, -0.2) is 10.9 Å². The third-order valence-electron chi connectivity index (χ3n) is 4.02. The van der Waals surface area contributed by atoms with Gasteiger partial charge < -0.3 is 10.3 Å². The van der Waals surface area contributed by atoms with Gasteiger partial charge in [-0.25, -0.2) is 0 Å². The number of aromatic amines is 1. The second-order valence-electron chi connectivity index (χ2n) is 6.90. The summed E-state index contributed by atoms with van der Waals surface area (Å²) >= 11 is 0. The summed E-state index contributed by atoms with van der Waals surface area (Å²) < 4.78 is 0. The molecule has 0 saturated heterocycles. The van der Waals surface area contributed by atoms with E-state index in [2.05, 4.69) is 50.1 Å². The van der Waals surface area contributed by atoms with Crippen molar-refractivity contribution in [1.29, 1.82) is 0 Å². The molecule has 1 aromatic carbocycles. The van der Waals surface area contributed by atoms with Gasteiger partial charge in [-0.2, -0.15) is 0 Å². The first kappa shape index (κ1) is 13.2. The number of carbonyl (C=O) groups is 1. The molecule has 0 radical (unpaired) electrons. The molecule has 0 spiro atoms. The third-order valence-corrected chi connectivity index (χ3v) is 4.02. The summed E-state index contributed by atoms with van der Waals surface area (Å²) in [7, 11) is 0. The lowest BCUT2D eigenvalue weighted by atomic mass is 9.89. The van der Waals surface area contributed by atoms with E-state index in [1.165, 1.54) is 16.6 Å². The van der Waals surface area contributed by atoms with E-state index in [9.17, 15) is 4.79 Å². The molecule has 0 unspecified atom stereocenters. The van der Waals surface area contributed by atoms with Crippen LogP contribution in [0.2, 0.25) is 0 Å².